The van der Waals surface area contributed by atoms with Crippen LogP contribution < -0.4 is 0 Å². The van der Waals surface area contributed by atoms with Gasteiger partial charge >= 0.3 is 5.97 Å². The first kappa shape index (κ1) is 18.9. The van der Waals surface area contributed by atoms with Crippen molar-refractivity contribution in [1.82, 2.24) is 4.90 Å². The molecule has 1 unspecified atom stereocenters. The van der Waals surface area contributed by atoms with E-state index in [1.165, 1.54) is 11.9 Å². The summed E-state index contributed by atoms with van der Waals surface area (Å²) >= 11 is 0. The van der Waals surface area contributed by atoms with Crippen molar-refractivity contribution in [2.75, 3.05) is 32.2 Å². The van der Waals surface area contributed by atoms with E-state index in [2.05, 4.69) is 0 Å². The van der Waals surface area contributed by atoms with Crippen LogP contribution in [0.15, 0.2) is 0 Å². The van der Waals surface area contributed by atoms with Gasteiger partial charge in [-0.3, -0.25) is 9.59 Å². The van der Waals surface area contributed by atoms with Gasteiger partial charge in [0, 0.05) is 19.8 Å². The number of nitrogens with zero attached hydrogens (tertiary/aromatic N) is 1. The lowest BCUT2D eigenvalue weighted by molar-refractivity contribution is -0.159. The Kier molecular flexibility index (Phi) is 6.67. The van der Waals surface area contributed by atoms with Crippen molar-refractivity contribution >= 4 is 21.7 Å². The minimum absolute atomic E-state index is 0.0592. The molecule has 0 bridgehead atoms. The maximum absolute atomic E-state index is 12.4. The maximum atomic E-state index is 12.4. The van der Waals surface area contributed by atoms with Crippen molar-refractivity contribution in [1.29, 1.82) is 0 Å². The first-order valence-electron chi connectivity index (χ1n) is 6.49. The third kappa shape index (κ3) is 6.36. The van der Waals surface area contributed by atoms with Crippen LogP contribution in [0, 0.1) is 11.3 Å². The number of rotatable bonds is 6. The van der Waals surface area contributed by atoms with E-state index in [0.29, 0.717) is 0 Å². The highest BCUT2D eigenvalue weighted by molar-refractivity contribution is 7.90. The van der Waals surface area contributed by atoms with Gasteiger partial charge < -0.3 is 9.64 Å². The molecule has 0 radical (unpaired) electrons. The van der Waals surface area contributed by atoms with Crippen molar-refractivity contribution in [3.63, 3.8) is 0 Å². The molecule has 20 heavy (non-hydrogen) atoms. The monoisotopic (exact) mass is 307 g/mol. The fourth-order valence-corrected chi connectivity index (χ4v) is 2.29. The van der Waals surface area contributed by atoms with Crippen LogP contribution >= 0.6 is 0 Å². The van der Waals surface area contributed by atoms with E-state index >= 15 is 0 Å². The van der Waals surface area contributed by atoms with Gasteiger partial charge in [-0.1, -0.05) is 20.8 Å². The normalized spacial score (nSPS) is 13.7. The van der Waals surface area contributed by atoms with E-state index in [-0.39, 0.29) is 18.9 Å². The molecule has 0 aliphatic carbocycles. The molecule has 7 heteroatoms. The molecule has 0 rings (SSSR count). The molecule has 118 valence electrons. The summed E-state index contributed by atoms with van der Waals surface area (Å²) in [5, 5.41) is 0. The van der Waals surface area contributed by atoms with Gasteiger partial charge in [-0.25, -0.2) is 8.42 Å². The Morgan fingerprint density at radius 1 is 1.25 bits per heavy atom. The molecule has 0 aromatic carbocycles. The summed E-state index contributed by atoms with van der Waals surface area (Å²) in [5.41, 5.74) is -0.595. The van der Waals surface area contributed by atoms with Crippen LogP contribution in [-0.2, 0) is 24.2 Å². The molecule has 1 atom stereocenters. The predicted octanol–water partition coefficient (Wildman–Crippen LogP) is 0.715. The topological polar surface area (TPSA) is 80.8 Å². The van der Waals surface area contributed by atoms with Gasteiger partial charge in [-0.15, -0.1) is 0 Å². The molecule has 1 amide bonds. The minimum Gasteiger partial charge on any atom is -0.465 e. The zero-order chi connectivity index (χ0) is 16.1. The summed E-state index contributed by atoms with van der Waals surface area (Å²) in [7, 11) is -1.66. The number of hydrogen-bond donors (Lipinski definition) is 0. The Morgan fingerprint density at radius 3 is 2.10 bits per heavy atom. The Morgan fingerprint density at radius 2 is 1.75 bits per heavy atom. The first-order chi connectivity index (χ1) is 8.90. The lowest BCUT2D eigenvalue weighted by atomic mass is 9.80. The van der Waals surface area contributed by atoms with Crippen LogP contribution in [0.2, 0.25) is 0 Å². The highest BCUT2D eigenvalue weighted by Gasteiger charge is 2.40. The predicted molar refractivity (Wildman–Crippen MR) is 76.9 cm³/mol. The highest BCUT2D eigenvalue weighted by Crippen LogP contribution is 2.28. The molecule has 0 saturated carbocycles. The van der Waals surface area contributed by atoms with Gasteiger partial charge in [-0.05, 0) is 12.3 Å². The number of sulfone groups is 1. The Bertz CT molecular complexity index is 450. The smallest absolute Gasteiger partial charge is 0.319 e. The molecule has 0 aliphatic rings. The Hall–Kier alpha value is -1.11. The average Bonchev–Trinajstić information content (AvgIpc) is 2.23. The number of amides is 1. The molecule has 0 N–H and O–H groups in total. The number of carbonyl (C=O) groups excluding carboxylic acids is 2. The van der Waals surface area contributed by atoms with E-state index in [4.69, 9.17) is 4.74 Å². The quantitative estimate of drug-likeness (QED) is 0.533. The third-order valence-corrected chi connectivity index (χ3v) is 3.73. The molecule has 0 aromatic heterocycles. The zero-order valence-electron chi connectivity index (χ0n) is 13.1. The van der Waals surface area contributed by atoms with Gasteiger partial charge in [-0.2, -0.15) is 0 Å². The van der Waals surface area contributed by atoms with Crippen LogP contribution in [-0.4, -0.2) is 57.4 Å². The largest absolute Gasteiger partial charge is 0.465 e. The van der Waals surface area contributed by atoms with Crippen molar-refractivity contribution in [2.45, 2.75) is 27.7 Å². The lowest BCUT2D eigenvalue weighted by Crippen LogP contribution is -2.45. The Labute approximate surface area is 121 Å². The van der Waals surface area contributed by atoms with Crippen LogP contribution in [0.3, 0.4) is 0 Å². The summed E-state index contributed by atoms with van der Waals surface area (Å²) in [4.78, 5) is 25.6. The summed E-state index contributed by atoms with van der Waals surface area (Å²) in [6, 6.07) is 0. The fraction of sp³-hybridized carbons (Fsp3) is 0.846. The van der Waals surface area contributed by atoms with E-state index in [1.807, 2.05) is 0 Å². The standard InChI is InChI=1S/C13H25NO5S/c1-7-19-12(16)10(13(2,3)4)11(15)14(5)8-9-20(6,17)18/h10H,7-9H2,1-6H3. The van der Waals surface area contributed by atoms with Crippen LogP contribution in [0.5, 0.6) is 0 Å². The Balaban J connectivity index is 5.01. The van der Waals surface area contributed by atoms with Crippen LogP contribution in [0.1, 0.15) is 27.7 Å². The number of ether oxygens (including phenoxy) is 1. The van der Waals surface area contributed by atoms with Gasteiger partial charge in [0.2, 0.25) is 5.91 Å². The molecule has 0 saturated heterocycles. The third-order valence-electron chi connectivity index (χ3n) is 2.81. The fourth-order valence-electron chi connectivity index (χ4n) is 1.68. The van der Waals surface area contributed by atoms with Crippen LogP contribution in [0.4, 0.5) is 0 Å². The van der Waals surface area contributed by atoms with Gasteiger partial charge in [0.1, 0.15) is 15.8 Å². The van der Waals surface area contributed by atoms with Crippen molar-refractivity contribution in [2.24, 2.45) is 11.3 Å². The molecule has 0 aliphatic heterocycles. The average molecular weight is 307 g/mol. The lowest BCUT2D eigenvalue weighted by Gasteiger charge is -2.31. The SMILES string of the molecule is CCOC(=O)C(C(=O)N(C)CCS(C)(=O)=O)C(C)(C)C. The molecule has 0 fully saturated rings. The first-order valence-corrected chi connectivity index (χ1v) is 8.55. The summed E-state index contributed by atoms with van der Waals surface area (Å²) in [6.45, 7) is 7.26. The van der Waals surface area contributed by atoms with E-state index in [9.17, 15) is 18.0 Å². The van der Waals surface area contributed by atoms with Gasteiger partial charge in [0.15, 0.2) is 0 Å². The second-order valence-electron chi connectivity index (χ2n) is 5.94. The van der Waals surface area contributed by atoms with Crippen molar-refractivity contribution in [3.8, 4) is 0 Å². The minimum atomic E-state index is -3.15. The number of carbonyl (C=O) groups is 2. The number of esters is 1. The summed E-state index contributed by atoms with van der Waals surface area (Å²) in [6.07, 6.45) is 1.11. The molecule has 6 nitrogen and oxygen atoms in total. The zero-order valence-corrected chi connectivity index (χ0v) is 13.9. The van der Waals surface area contributed by atoms with E-state index in [1.54, 1.807) is 27.7 Å². The second kappa shape index (κ2) is 7.06. The molecule has 0 aromatic rings. The molecule has 0 heterocycles. The molecule has 0 spiro atoms. The maximum Gasteiger partial charge on any atom is 0.319 e. The second-order valence-corrected chi connectivity index (χ2v) is 8.20. The summed E-state index contributed by atoms with van der Waals surface area (Å²) in [5.74, 6) is -2.06. The van der Waals surface area contributed by atoms with Gasteiger partial charge in [0.25, 0.3) is 0 Å². The van der Waals surface area contributed by atoms with Crippen molar-refractivity contribution in [3.05, 3.63) is 0 Å². The number of hydrogen-bond acceptors (Lipinski definition) is 5. The summed E-state index contributed by atoms with van der Waals surface area (Å²) < 4.78 is 27.2. The molecular formula is C13H25NO5S. The molecular weight excluding hydrogens is 282 g/mol. The highest BCUT2D eigenvalue weighted by atomic mass is 32.2. The van der Waals surface area contributed by atoms with E-state index in [0.717, 1.165) is 6.26 Å². The van der Waals surface area contributed by atoms with Gasteiger partial charge in [0.05, 0.1) is 12.4 Å². The van der Waals surface area contributed by atoms with Crippen LogP contribution in [0.25, 0.3) is 0 Å². The van der Waals surface area contributed by atoms with E-state index < -0.39 is 33.0 Å². The van der Waals surface area contributed by atoms with Crippen molar-refractivity contribution < 1.29 is 22.7 Å².